The number of rotatable bonds is 11. The van der Waals surface area contributed by atoms with Gasteiger partial charge in [-0.05, 0) is 105 Å². The molecule has 0 unspecified atom stereocenters. The van der Waals surface area contributed by atoms with Gasteiger partial charge in [-0.15, -0.1) is 6.42 Å². The molecule has 3 atom stereocenters. The lowest BCUT2D eigenvalue weighted by Gasteiger charge is -2.38. The number of benzene rings is 2. The van der Waals surface area contributed by atoms with Crippen LogP contribution in [0.1, 0.15) is 67.4 Å². The first-order valence-corrected chi connectivity index (χ1v) is 15.3. The number of nitrogens with zero attached hydrogens (tertiary/aromatic N) is 1. The third-order valence-electron chi connectivity index (χ3n) is 9.50. The number of hydrogen-bond donors (Lipinski definition) is 1. The van der Waals surface area contributed by atoms with Crippen LogP contribution in [0.2, 0.25) is 0 Å². The monoisotopic (exact) mass is 571 g/mol. The Balaban J connectivity index is 1.10. The first kappa shape index (κ1) is 28.6. The number of carboxylic acid groups (broad SMARTS) is 1. The van der Waals surface area contributed by atoms with Gasteiger partial charge in [-0.25, -0.2) is 0 Å². The van der Waals surface area contributed by atoms with Crippen LogP contribution >= 0.6 is 0 Å². The Kier molecular flexibility index (Phi) is 8.46. The van der Waals surface area contributed by atoms with Gasteiger partial charge in [0.1, 0.15) is 42.2 Å². The summed E-state index contributed by atoms with van der Waals surface area (Å²) in [4.78, 5) is 14.3. The first-order chi connectivity index (χ1) is 20.4. The van der Waals surface area contributed by atoms with E-state index in [2.05, 4.69) is 29.0 Å². The average Bonchev–Trinajstić information content (AvgIpc) is 3.75. The van der Waals surface area contributed by atoms with Crippen molar-refractivity contribution in [2.75, 3.05) is 26.8 Å². The van der Waals surface area contributed by atoms with Gasteiger partial charge in [0.25, 0.3) is 0 Å². The van der Waals surface area contributed by atoms with Crippen LogP contribution in [0.4, 0.5) is 0 Å². The van der Waals surface area contributed by atoms with Gasteiger partial charge in [-0.1, -0.05) is 25.0 Å². The highest BCUT2D eigenvalue weighted by atomic mass is 16.5. The van der Waals surface area contributed by atoms with Crippen molar-refractivity contribution in [3.8, 4) is 23.8 Å². The molecule has 0 radical (unpaired) electrons. The fraction of sp³-hybridized carbons (Fsp3) is 0.514. The van der Waals surface area contributed by atoms with Crippen molar-refractivity contribution in [2.45, 2.75) is 70.6 Å². The molecule has 6 rings (SSSR count). The Morgan fingerprint density at radius 3 is 2.67 bits per heavy atom. The quantitative estimate of drug-likeness (QED) is 0.210. The van der Waals surface area contributed by atoms with Gasteiger partial charge < -0.3 is 23.7 Å². The molecule has 2 fully saturated rings. The molecule has 0 spiro atoms. The molecule has 42 heavy (non-hydrogen) atoms. The second kappa shape index (κ2) is 12.4. The summed E-state index contributed by atoms with van der Waals surface area (Å²) in [5.41, 5.74) is 4.27. The Morgan fingerprint density at radius 2 is 1.95 bits per heavy atom. The van der Waals surface area contributed by atoms with E-state index in [0.717, 1.165) is 97.5 Å². The average molecular weight is 572 g/mol. The van der Waals surface area contributed by atoms with Crippen LogP contribution in [0, 0.1) is 30.1 Å². The van der Waals surface area contributed by atoms with Crippen LogP contribution in [-0.4, -0.2) is 48.9 Å². The number of fused-ring (bicyclic) bond motifs is 2. The van der Waals surface area contributed by atoms with Crippen LogP contribution in [0.25, 0.3) is 11.0 Å². The minimum Gasteiger partial charge on any atom is -0.496 e. The lowest BCUT2D eigenvalue weighted by atomic mass is 9.81. The Bertz CT molecular complexity index is 1460. The number of hydrogen-bond acceptors (Lipinski definition) is 6. The number of ether oxygens (including phenoxy) is 3. The van der Waals surface area contributed by atoms with E-state index >= 15 is 0 Å². The first-order valence-electron chi connectivity index (χ1n) is 15.3. The molecule has 1 N–H and O–H groups in total. The van der Waals surface area contributed by atoms with E-state index in [4.69, 9.17) is 25.1 Å². The summed E-state index contributed by atoms with van der Waals surface area (Å²) >= 11 is 0. The molecular formula is C35H41NO6. The van der Waals surface area contributed by atoms with Crippen LogP contribution in [0.3, 0.4) is 0 Å². The number of aryl methyl sites for hydroxylation is 1. The highest BCUT2D eigenvalue weighted by Crippen LogP contribution is 2.48. The van der Waals surface area contributed by atoms with E-state index < -0.39 is 11.9 Å². The van der Waals surface area contributed by atoms with Gasteiger partial charge in [0, 0.05) is 11.9 Å². The molecule has 1 saturated carbocycles. The van der Waals surface area contributed by atoms with Crippen molar-refractivity contribution in [1.82, 2.24) is 4.90 Å². The summed E-state index contributed by atoms with van der Waals surface area (Å²) in [6.45, 7) is 5.17. The largest absolute Gasteiger partial charge is 0.496 e. The number of carboxylic acids is 1. The highest BCUT2D eigenvalue weighted by molar-refractivity contribution is 5.83. The maximum absolute atomic E-state index is 11.8. The molecule has 0 amide bonds. The molecule has 1 saturated heterocycles. The summed E-state index contributed by atoms with van der Waals surface area (Å²) in [5, 5.41) is 10.8. The second-order valence-electron chi connectivity index (χ2n) is 12.2. The number of piperidine rings is 1. The lowest BCUT2D eigenvalue weighted by Crippen LogP contribution is -2.40. The maximum atomic E-state index is 11.8. The third kappa shape index (κ3) is 6.02. The van der Waals surface area contributed by atoms with Gasteiger partial charge in [0.05, 0.1) is 18.6 Å². The maximum Gasteiger partial charge on any atom is 0.306 e. The van der Waals surface area contributed by atoms with Crippen molar-refractivity contribution in [3.63, 3.8) is 0 Å². The Labute approximate surface area is 248 Å². The molecule has 7 nitrogen and oxygen atoms in total. The van der Waals surface area contributed by atoms with E-state index in [9.17, 15) is 9.90 Å². The van der Waals surface area contributed by atoms with Crippen molar-refractivity contribution >= 4 is 16.9 Å². The molecule has 2 aromatic carbocycles. The van der Waals surface area contributed by atoms with Crippen molar-refractivity contribution in [2.24, 2.45) is 17.8 Å². The lowest BCUT2D eigenvalue weighted by molar-refractivity contribution is -0.142. The van der Waals surface area contributed by atoms with Crippen LogP contribution in [0.15, 0.2) is 40.8 Å². The number of methoxy groups -OCH3 is 1. The second-order valence-corrected chi connectivity index (χ2v) is 12.2. The molecule has 0 bridgehead atoms. The number of likely N-dealkylation sites (tertiary alicyclic amines) is 1. The topological polar surface area (TPSA) is 81.4 Å². The molecule has 2 aliphatic heterocycles. The number of terminal acetylenes is 1. The van der Waals surface area contributed by atoms with E-state index in [0.29, 0.717) is 18.4 Å². The summed E-state index contributed by atoms with van der Waals surface area (Å²) in [5.74, 6) is 4.96. The molecular weight excluding hydrogens is 530 g/mol. The summed E-state index contributed by atoms with van der Waals surface area (Å²) in [7, 11) is 1.70. The smallest absolute Gasteiger partial charge is 0.306 e. The van der Waals surface area contributed by atoms with E-state index in [1.165, 1.54) is 5.56 Å². The highest BCUT2D eigenvalue weighted by Gasteiger charge is 2.39. The van der Waals surface area contributed by atoms with Gasteiger partial charge >= 0.3 is 5.97 Å². The predicted octanol–water partition coefficient (Wildman–Crippen LogP) is 6.41. The number of furan rings is 1. The fourth-order valence-corrected chi connectivity index (χ4v) is 7.05. The van der Waals surface area contributed by atoms with Gasteiger partial charge in [-0.2, -0.15) is 0 Å². The fourth-order valence-electron chi connectivity index (χ4n) is 7.05. The molecule has 1 aromatic heterocycles. The van der Waals surface area contributed by atoms with Crippen LogP contribution in [-0.2, 0) is 29.1 Å². The Hall–Kier alpha value is -3.47. The zero-order valence-electron chi connectivity index (χ0n) is 24.6. The molecule has 3 heterocycles. The van der Waals surface area contributed by atoms with Crippen molar-refractivity contribution in [3.05, 3.63) is 58.8 Å². The third-order valence-corrected chi connectivity index (χ3v) is 9.50. The molecule has 3 aliphatic rings. The predicted molar refractivity (Wildman–Crippen MR) is 161 cm³/mol. The standard InChI is InChI=1S/C35H41NO6/c1-4-17-40-21-28-18-27-10-12-31(39-3)29(34(27)41-28)20-36-15-13-24(14-16-36)30-11-9-23-5-8-26(19-32(23)42-30)33(25-6-7-25)22(2)35(37)38/h1,5,8,10,12,18-19,22,24-25,30,33H,6-7,9,11,13-17,20-21H2,2-3H3,(H,37,38)/t22-,30+,33-/m0/s1. The van der Waals surface area contributed by atoms with Gasteiger partial charge in [0.2, 0.25) is 0 Å². The molecule has 1 aliphatic carbocycles. The molecule has 3 aromatic rings. The summed E-state index contributed by atoms with van der Waals surface area (Å²) in [6, 6.07) is 12.5. The minimum absolute atomic E-state index is 0.0576. The van der Waals surface area contributed by atoms with Crippen LogP contribution in [0.5, 0.6) is 11.5 Å². The van der Waals surface area contributed by atoms with Crippen molar-refractivity contribution < 1.29 is 28.5 Å². The SMILES string of the molecule is C#CCOCc1cc2ccc(OC)c(CN3CCC([C@H]4CCc5ccc([C@H](C6CC6)[C@H](C)C(=O)O)cc5O4)CC3)c2o1. The van der Waals surface area contributed by atoms with Gasteiger partial charge in [0.15, 0.2) is 0 Å². The van der Waals surface area contributed by atoms with E-state index in [-0.39, 0.29) is 18.6 Å². The molecule has 222 valence electrons. The van der Waals surface area contributed by atoms with E-state index in [1.54, 1.807) is 7.11 Å². The van der Waals surface area contributed by atoms with Crippen LogP contribution < -0.4 is 9.47 Å². The zero-order chi connectivity index (χ0) is 29.2. The molecule has 7 heteroatoms. The zero-order valence-corrected chi connectivity index (χ0v) is 24.6. The van der Waals surface area contributed by atoms with E-state index in [1.807, 2.05) is 25.1 Å². The van der Waals surface area contributed by atoms with Gasteiger partial charge in [-0.3, -0.25) is 9.69 Å². The normalized spacial score (nSPS) is 20.8. The number of carbonyl (C=O) groups is 1. The minimum atomic E-state index is -0.717. The summed E-state index contributed by atoms with van der Waals surface area (Å²) in [6.07, 6.45) is 11.9. The Morgan fingerprint density at radius 1 is 1.14 bits per heavy atom. The summed E-state index contributed by atoms with van der Waals surface area (Å²) < 4.78 is 24.1. The van der Waals surface area contributed by atoms with Crippen molar-refractivity contribution in [1.29, 1.82) is 0 Å². The number of aliphatic carboxylic acids is 1.